The molecule has 0 radical (unpaired) electrons. The minimum atomic E-state index is -1.56. The second kappa shape index (κ2) is 46.4. The quantitative estimate of drug-likeness (QED) is 0.0269. The Balaban J connectivity index is 2.29. The number of rotatable bonds is 41. The van der Waals surface area contributed by atoms with Gasteiger partial charge in [0.15, 0.2) is 6.29 Å². The molecule has 66 heavy (non-hydrogen) atoms. The molecule has 9 heteroatoms. The molecule has 0 bridgehead atoms. The van der Waals surface area contributed by atoms with E-state index in [1.807, 2.05) is 0 Å². The van der Waals surface area contributed by atoms with Gasteiger partial charge in [-0.1, -0.05) is 180 Å². The molecule has 6 unspecified atom stereocenters. The number of esters is 1. The summed E-state index contributed by atoms with van der Waals surface area (Å²) in [6.07, 6.45) is 62.0. The van der Waals surface area contributed by atoms with Gasteiger partial charge in [-0.25, -0.2) is 0 Å². The lowest BCUT2D eigenvalue weighted by Gasteiger charge is -2.39. The molecule has 372 valence electrons. The Kier molecular flexibility index (Phi) is 42.5. The second-order valence-electron chi connectivity index (χ2n) is 16.5. The summed E-state index contributed by atoms with van der Waals surface area (Å²) in [6.45, 7) is 4.14. The summed E-state index contributed by atoms with van der Waals surface area (Å²) in [5, 5.41) is 40.2. The lowest BCUT2D eigenvalue weighted by molar-refractivity contribution is -0.305. The number of ether oxygens (including phenoxy) is 4. The van der Waals surface area contributed by atoms with Gasteiger partial charge >= 0.3 is 5.97 Å². The number of carbonyl (C=O) groups is 1. The van der Waals surface area contributed by atoms with E-state index in [2.05, 4.69) is 148 Å². The molecule has 1 saturated heterocycles. The van der Waals surface area contributed by atoms with Crippen LogP contribution in [0.4, 0.5) is 0 Å². The van der Waals surface area contributed by atoms with Crippen molar-refractivity contribution >= 4 is 5.97 Å². The van der Waals surface area contributed by atoms with E-state index in [9.17, 15) is 25.2 Å². The van der Waals surface area contributed by atoms with Crippen molar-refractivity contribution in [1.29, 1.82) is 0 Å². The van der Waals surface area contributed by atoms with Crippen molar-refractivity contribution in [1.82, 2.24) is 0 Å². The van der Waals surface area contributed by atoms with Gasteiger partial charge in [0.2, 0.25) is 0 Å². The zero-order valence-corrected chi connectivity index (χ0v) is 40.9. The van der Waals surface area contributed by atoms with Crippen LogP contribution in [0.3, 0.4) is 0 Å². The van der Waals surface area contributed by atoms with Crippen molar-refractivity contribution in [3.63, 3.8) is 0 Å². The van der Waals surface area contributed by atoms with Gasteiger partial charge in [0.25, 0.3) is 0 Å². The molecule has 9 nitrogen and oxygen atoms in total. The first kappa shape index (κ1) is 60.3. The van der Waals surface area contributed by atoms with E-state index >= 15 is 0 Å². The lowest BCUT2D eigenvalue weighted by Crippen LogP contribution is -2.59. The van der Waals surface area contributed by atoms with Crippen molar-refractivity contribution in [2.45, 2.75) is 192 Å². The summed E-state index contributed by atoms with van der Waals surface area (Å²) >= 11 is 0. The van der Waals surface area contributed by atoms with Crippen molar-refractivity contribution in [2.75, 3.05) is 26.4 Å². The molecule has 4 N–H and O–H groups in total. The molecule has 0 amide bonds. The summed E-state index contributed by atoms with van der Waals surface area (Å²) in [5.74, 6) is -0.351. The van der Waals surface area contributed by atoms with Crippen molar-refractivity contribution in [3.8, 4) is 0 Å². The van der Waals surface area contributed by atoms with E-state index in [0.717, 1.165) is 116 Å². The Labute approximate surface area is 400 Å². The summed E-state index contributed by atoms with van der Waals surface area (Å²) in [4.78, 5) is 12.8. The standard InChI is InChI=1S/C57H90O9/c1-3-5-7-9-11-13-15-17-19-21-23-25-26-27-28-30-32-34-36-38-40-42-44-46-53(59)65-51(50-64-57-56(62)55(61)54(60)52(48-58)66-57)49-63-47-45-43-41-39-37-35-33-31-29-24-22-20-18-16-14-12-10-8-6-4-2/h5-8,11-14,17-20,23-25,27-29,33,35,39,41,51-52,54-58,60-62H,3-4,9-10,15-16,21-22,26,30-32,34,36-38,40,42-50H2,1-2H3/b7-5-,8-6-,13-11-,14-12-,19-17-,20-18-,25-23-,28-27-,29-24-,35-33-,41-39-. The van der Waals surface area contributed by atoms with Crippen LogP contribution in [-0.2, 0) is 23.7 Å². The van der Waals surface area contributed by atoms with Gasteiger partial charge in [-0.15, -0.1) is 0 Å². The Morgan fingerprint density at radius 2 is 0.879 bits per heavy atom. The number of aliphatic hydroxyl groups excluding tert-OH is 4. The Morgan fingerprint density at radius 1 is 0.485 bits per heavy atom. The Hall–Kier alpha value is -3.67. The van der Waals surface area contributed by atoms with Crippen LogP contribution in [0.15, 0.2) is 134 Å². The predicted molar refractivity (Wildman–Crippen MR) is 274 cm³/mol. The fourth-order valence-corrected chi connectivity index (χ4v) is 6.71. The number of aliphatic hydroxyl groups is 4. The SMILES string of the molecule is CC/C=C\C/C=C\C/C=C\C/C=C\C/C=C\C/C=C\CCCOCC(COC1OC(CO)C(O)C(O)C1O)OC(=O)CCCCCCCCC/C=C\C/C=C\C/C=C\C/C=C\C/C=C\CC. The molecule has 1 aliphatic heterocycles. The largest absolute Gasteiger partial charge is 0.457 e. The molecule has 1 rings (SSSR count). The third-order valence-electron chi connectivity index (χ3n) is 10.6. The van der Waals surface area contributed by atoms with Crippen molar-refractivity contribution in [2.24, 2.45) is 0 Å². The zero-order chi connectivity index (χ0) is 47.8. The molecule has 6 atom stereocenters. The first-order valence-corrected chi connectivity index (χ1v) is 25.3. The molecule has 0 saturated carbocycles. The Bertz CT molecular complexity index is 1460. The highest BCUT2D eigenvalue weighted by atomic mass is 16.7. The molecule has 1 fully saturated rings. The zero-order valence-electron chi connectivity index (χ0n) is 40.9. The van der Waals surface area contributed by atoms with Crippen LogP contribution in [0.2, 0.25) is 0 Å². The topological polar surface area (TPSA) is 135 Å². The summed E-state index contributed by atoms with van der Waals surface area (Å²) in [5.41, 5.74) is 0. The third-order valence-corrected chi connectivity index (χ3v) is 10.6. The number of hydrogen-bond acceptors (Lipinski definition) is 9. The highest BCUT2D eigenvalue weighted by molar-refractivity contribution is 5.69. The van der Waals surface area contributed by atoms with Crippen LogP contribution in [0.25, 0.3) is 0 Å². The average molecular weight is 919 g/mol. The minimum Gasteiger partial charge on any atom is -0.457 e. The van der Waals surface area contributed by atoms with E-state index in [1.54, 1.807) is 0 Å². The van der Waals surface area contributed by atoms with Crippen LogP contribution < -0.4 is 0 Å². The molecule has 0 aliphatic carbocycles. The van der Waals surface area contributed by atoms with Gasteiger partial charge in [0.05, 0.1) is 19.8 Å². The third kappa shape index (κ3) is 36.4. The lowest BCUT2D eigenvalue weighted by atomic mass is 9.99. The first-order valence-electron chi connectivity index (χ1n) is 25.3. The van der Waals surface area contributed by atoms with E-state index in [1.165, 1.54) is 19.3 Å². The molecule has 1 aliphatic rings. The molecular weight excluding hydrogens is 829 g/mol. The maximum absolute atomic E-state index is 12.8. The van der Waals surface area contributed by atoms with Gasteiger partial charge in [0.1, 0.15) is 30.5 Å². The smallest absolute Gasteiger partial charge is 0.306 e. The van der Waals surface area contributed by atoms with Crippen molar-refractivity contribution in [3.05, 3.63) is 134 Å². The molecule has 0 spiro atoms. The summed E-state index contributed by atoms with van der Waals surface area (Å²) in [6, 6.07) is 0. The van der Waals surface area contributed by atoms with E-state index < -0.39 is 43.4 Å². The average Bonchev–Trinajstić information content (AvgIpc) is 3.32. The number of unbranched alkanes of at least 4 members (excludes halogenated alkanes) is 8. The highest BCUT2D eigenvalue weighted by Gasteiger charge is 2.44. The monoisotopic (exact) mass is 919 g/mol. The highest BCUT2D eigenvalue weighted by Crippen LogP contribution is 2.22. The first-order chi connectivity index (χ1) is 32.4. The van der Waals surface area contributed by atoms with Gasteiger partial charge in [-0.05, 0) is 103 Å². The molecule has 1 heterocycles. The van der Waals surface area contributed by atoms with Gasteiger partial charge in [-0.3, -0.25) is 4.79 Å². The minimum absolute atomic E-state index is 0.0898. The van der Waals surface area contributed by atoms with E-state index in [-0.39, 0.29) is 25.6 Å². The molecular formula is C57H90O9. The molecule has 0 aromatic rings. The van der Waals surface area contributed by atoms with Gasteiger partial charge in [-0.2, -0.15) is 0 Å². The number of carbonyl (C=O) groups excluding carboxylic acids is 1. The fourth-order valence-electron chi connectivity index (χ4n) is 6.71. The van der Waals surface area contributed by atoms with Crippen LogP contribution in [0.5, 0.6) is 0 Å². The van der Waals surface area contributed by atoms with Crippen LogP contribution in [0, 0.1) is 0 Å². The summed E-state index contributed by atoms with van der Waals surface area (Å²) < 4.78 is 22.8. The van der Waals surface area contributed by atoms with Crippen LogP contribution in [0.1, 0.15) is 155 Å². The molecule has 0 aromatic carbocycles. The van der Waals surface area contributed by atoms with E-state index in [0.29, 0.717) is 6.61 Å². The van der Waals surface area contributed by atoms with E-state index in [4.69, 9.17) is 18.9 Å². The van der Waals surface area contributed by atoms with Crippen LogP contribution >= 0.6 is 0 Å². The van der Waals surface area contributed by atoms with Crippen molar-refractivity contribution < 1.29 is 44.2 Å². The fraction of sp³-hybridized carbons (Fsp3) is 0.596. The maximum atomic E-state index is 12.8. The summed E-state index contributed by atoms with van der Waals surface area (Å²) in [7, 11) is 0. The number of allylic oxidation sites excluding steroid dienone is 22. The van der Waals surface area contributed by atoms with Gasteiger partial charge in [0, 0.05) is 13.0 Å². The van der Waals surface area contributed by atoms with Crippen LogP contribution in [-0.4, -0.2) is 89.6 Å². The number of hydrogen-bond donors (Lipinski definition) is 4. The maximum Gasteiger partial charge on any atom is 0.306 e. The second-order valence-corrected chi connectivity index (χ2v) is 16.5. The van der Waals surface area contributed by atoms with Gasteiger partial charge < -0.3 is 39.4 Å². The molecule has 0 aromatic heterocycles. The Morgan fingerprint density at radius 3 is 1.32 bits per heavy atom. The normalized spacial score (nSPS) is 20.5. The predicted octanol–water partition coefficient (Wildman–Crippen LogP) is 12.5.